The van der Waals surface area contributed by atoms with E-state index < -0.39 is 36.0 Å². The number of carbonyl (C=O) groups is 2. The van der Waals surface area contributed by atoms with Crippen LogP contribution in [0.2, 0.25) is 0 Å². The molecule has 0 aliphatic carbocycles. The van der Waals surface area contributed by atoms with E-state index in [0.29, 0.717) is 61.6 Å². The summed E-state index contributed by atoms with van der Waals surface area (Å²) in [4.78, 5) is 49.3. The molecular weight excluding hydrogens is 1090 g/mol. The summed E-state index contributed by atoms with van der Waals surface area (Å²) in [7, 11) is -4.77. The number of benzene rings is 6. The van der Waals surface area contributed by atoms with Crippen molar-refractivity contribution in [2.24, 2.45) is 0 Å². The lowest BCUT2D eigenvalue weighted by atomic mass is 10.1. The van der Waals surface area contributed by atoms with E-state index in [-0.39, 0.29) is 42.4 Å². The quantitative estimate of drug-likeness (QED) is 0.0367. The van der Waals surface area contributed by atoms with E-state index in [0.717, 1.165) is 21.7 Å². The second-order valence-electron chi connectivity index (χ2n) is 20.0. The summed E-state index contributed by atoms with van der Waals surface area (Å²) in [5, 5.41) is 18.0. The van der Waals surface area contributed by atoms with Gasteiger partial charge in [-0.15, -0.1) is 22.7 Å². The zero-order chi connectivity index (χ0) is 56.6. The van der Waals surface area contributed by atoms with Gasteiger partial charge >= 0.3 is 12.1 Å². The van der Waals surface area contributed by atoms with Gasteiger partial charge < -0.3 is 16.4 Å². The predicted octanol–water partition coefficient (Wildman–Crippen LogP) is 12.6. The zero-order valence-corrected chi connectivity index (χ0v) is 47.4. The van der Waals surface area contributed by atoms with Crippen LogP contribution in [0.25, 0.3) is 42.0 Å². The van der Waals surface area contributed by atoms with E-state index >= 15 is 0 Å². The van der Waals surface area contributed by atoms with Crippen LogP contribution >= 0.6 is 22.7 Å². The highest BCUT2D eigenvalue weighted by molar-refractivity contribution is 7.90. The summed E-state index contributed by atoms with van der Waals surface area (Å²) in [6.45, 7) is 11.3. The van der Waals surface area contributed by atoms with Crippen molar-refractivity contribution in [1.29, 1.82) is 0 Å². The molecule has 22 heteroatoms. The van der Waals surface area contributed by atoms with Crippen LogP contribution in [0.4, 0.5) is 32.3 Å². The number of carbonyl (C=O) groups excluding carboxylic acids is 2. The molecule has 8 aromatic rings. The minimum Gasteiger partial charge on any atom is -0.399 e. The molecule has 0 spiro atoms. The van der Waals surface area contributed by atoms with Gasteiger partial charge in [0.2, 0.25) is 20.0 Å². The Hall–Kier alpha value is -7.86. The number of sulfonamides is 2. The van der Waals surface area contributed by atoms with Gasteiger partial charge in [-0.2, -0.15) is 0 Å². The monoisotopic (exact) mass is 1160 g/mol. The second-order valence-corrected chi connectivity index (χ2v) is 25.3. The van der Waals surface area contributed by atoms with Crippen LogP contribution in [0.3, 0.4) is 0 Å². The fourth-order valence-electron chi connectivity index (χ4n) is 7.64. The van der Waals surface area contributed by atoms with Gasteiger partial charge in [0.05, 0.1) is 24.5 Å². The van der Waals surface area contributed by atoms with Crippen LogP contribution in [0.5, 0.6) is 0 Å². The maximum atomic E-state index is 13.6. The van der Waals surface area contributed by atoms with Crippen molar-refractivity contribution in [3.63, 3.8) is 0 Å². The van der Waals surface area contributed by atoms with Crippen molar-refractivity contribution in [2.45, 2.75) is 90.4 Å². The smallest absolute Gasteiger partial charge is 0.321 e. The van der Waals surface area contributed by atoms with Gasteiger partial charge in [0.1, 0.15) is 10.0 Å². The highest BCUT2D eigenvalue weighted by atomic mass is 32.2. The van der Waals surface area contributed by atoms with Crippen LogP contribution in [-0.4, -0.2) is 69.0 Å². The molecule has 422 valence electrons. The van der Waals surface area contributed by atoms with E-state index in [2.05, 4.69) is 30.0 Å². The molecule has 8 rings (SSSR count). The van der Waals surface area contributed by atoms with Crippen molar-refractivity contribution >= 4 is 77.5 Å². The molecule has 80 heavy (non-hydrogen) atoms. The summed E-state index contributed by atoms with van der Waals surface area (Å²) in [6, 6.07) is 41.4. The highest BCUT2D eigenvalue weighted by Gasteiger charge is 2.29. The van der Waals surface area contributed by atoms with Crippen LogP contribution in [0, 0.1) is 10.1 Å². The number of thiazole rings is 2. The first kappa shape index (κ1) is 63.0. The Morgan fingerprint density at radius 3 is 1.29 bits per heavy atom. The predicted molar refractivity (Wildman–Crippen MR) is 325 cm³/mol. The minimum absolute atomic E-state index is 0. The Morgan fingerprint density at radius 1 is 0.575 bits per heavy atom. The van der Waals surface area contributed by atoms with Gasteiger partial charge in [0.15, 0.2) is 0 Å². The number of anilines is 3. The van der Waals surface area contributed by atoms with E-state index in [1.807, 2.05) is 72.8 Å². The van der Waals surface area contributed by atoms with Crippen LogP contribution in [0.1, 0.15) is 67.5 Å². The molecule has 18 nitrogen and oxygen atoms in total. The minimum atomic E-state index is -4.01. The van der Waals surface area contributed by atoms with Gasteiger partial charge in [-0.25, -0.2) is 45.8 Å². The molecule has 0 fully saturated rings. The van der Waals surface area contributed by atoms with E-state index in [4.69, 9.17) is 5.73 Å². The molecule has 0 bridgehead atoms. The highest BCUT2D eigenvalue weighted by Crippen LogP contribution is 2.40. The number of non-ortho nitro benzene ring substituents is 1. The second kappa shape index (κ2) is 26.4. The average Bonchev–Trinajstić information content (AvgIpc) is 4.13. The normalized spacial score (nSPS) is 11.4. The maximum absolute atomic E-state index is 13.6. The largest absolute Gasteiger partial charge is 0.399 e. The molecule has 0 saturated carbocycles. The molecule has 0 aliphatic rings. The molecule has 2 aromatic heterocycles. The Kier molecular flexibility index (Phi) is 20.8. The van der Waals surface area contributed by atoms with Crippen LogP contribution in [-0.2, 0) is 33.1 Å². The van der Waals surface area contributed by atoms with Gasteiger partial charge in [0, 0.05) is 102 Å². The van der Waals surface area contributed by atoms with Gasteiger partial charge in [-0.1, -0.05) is 87.6 Å². The van der Waals surface area contributed by atoms with E-state index in [1.165, 1.54) is 56.7 Å². The number of aromatic nitrogens is 2. The standard InChI is InChI=1S/C28H29N5O5S2.C28H31N5O3S2.2CH4/c1-28(2,3)31-40(37,38)25-16-22(32(4)27(34)30-17-19-8-6-5-7-9-19)14-15-23(25)24-18-29-26(39-24)20-10-12-21(13-11-20)33(35)36;1-28(2,3)32-38(35,36)25-16-22(33(4)27(34)31-17-19-8-6-5-7-9-19)14-15-23(25)24-18-30-26(37-24)20-10-12-21(29)13-11-20;;/h5-16,18,31H,17H2,1-4H3,(H,30,34);5-16,18,32H,17,29H2,1-4H3,(H,31,34);2*1H4. The molecule has 0 unspecified atom stereocenters. The first-order valence-electron chi connectivity index (χ1n) is 24.3. The molecule has 2 heterocycles. The first-order chi connectivity index (χ1) is 36.8. The molecule has 6 N–H and O–H groups in total. The number of nitrogens with two attached hydrogens (primary N) is 1. The third-order valence-electron chi connectivity index (χ3n) is 11.4. The number of hydrogen-bond acceptors (Lipinski definition) is 13. The summed E-state index contributed by atoms with van der Waals surface area (Å²) in [5.74, 6) is 0. The number of nitrogens with zero attached hydrogens (tertiary/aromatic N) is 5. The maximum Gasteiger partial charge on any atom is 0.321 e. The van der Waals surface area contributed by atoms with E-state index in [9.17, 15) is 36.5 Å². The molecule has 0 aliphatic heterocycles. The molecular formula is C58H68N10O8S4. The third kappa shape index (κ3) is 16.6. The average molecular weight is 1160 g/mol. The summed E-state index contributed by atoms with van der Waals surface area (Å²) in [6.07, 6.45) is 3.24. The molecule has 0 saturated heterocycles. The van der Waals surface area contributed by atoms with Crippen LogP contribution in [0.15, 0.2) is 168 Å². The Balaban J connectivity index is 0.000000287. The summed E-state index contributed by atoms with van der Waals surface area (Å²) < 4.78 is 59.7. The van der Waals surface area contributed by atoms with Gasteiger partial charge in [-0.05, 0) is 113 Å². The van der Waals surface area contributed by atoms with E-state index in [1.54, 1.807) is 117 Å². The molecule has 6 aromatic carbocycles. The van der Waals surface area contributed by atoms with Crippen molar-refractivity contribution in [2.75, 3.05) is 29.6 Å². The lowest BCUT2D eigenvalue weighted by Crippen LogP contribution is -2.41. The van der Waals surface area contributed by atoms with Crippen LogP contribution < -0.4 is 35.6 Å². The SMILES string of the molecule is C.C.CN(C(=O)NCc1ccccc1)c1ccc(-c2cnc(-c3ccc(N)cc3)s2)c(S(=O)(=O)NC(C)(C)C)c1.CN(C(=O)NCc1ccccc1)c1ccc(-c2cnc(-c3ccc([N+](=O)[O-])cc3)s2)c(S(=O)(=O)NC(C)(C)C)c1. The number of hydrogen-bond donors (Lipinski definition) is 5. The van der Waals surface area contributed by atoms with Crippen molar-refractivity contribution in [3.8, 4) is 42.0 Å². The number of rotatable bonds is 15. The van der Waals surface area contributed by atoms with Gasteiger partial charge in [0.25, 0.3) is 5.69 Å². The van der Waals surface area contributed by atoms with Gasteiger partial charge in [-0.3, -0.25) is 19.9 Å². The fourth-order valence-corrected chi connectivity index (χ4v) is 13.0. The molecule has 4 amide bonds. The van der Waals surface area contributed by atoms with Crippen molar-refractivity contribution in [1.82, 2.24) is 30.0 Å². The topological polar surface area (TPSA) is 252 Å². The molecule has 0 atom stereocenters. The lowest BCUT2D eigenvalue weighted by Gasteiger charge is -2.23. The number of nitrogen functional groups attached to an aromatic ring is 1. The fraction of sp³-hybridized carbons (Fsp3) is 0.241. The summed E-state index contributed by atoms with van der Waals surface area (Å²) >= 11 is 2.64. The number of nitro groups is 1. The third-order valence-corrected chi connectivity index (χ3v) is 17.1. The summed E-state index contributed by atoms with van der Waals surface area (Å²) in [5.41, 5.74) is 10.2. The Labute approximate surface area is 477 Å². The Morgan fingerprint density at radius 2 is 0.938 bits per heavy atom. The first-order valence-corrected chi connectivity index (χ1v) is 28.9. The lowest BCUT2D eigenvalue weighted by molar-refractivity contribution is -0.384. The molecule has 0 radical (unpaired) electrons. The van der Waals surface area contributed by atoms with Crippen molar-refractivity contribution < 1.29 is 31.3 Å². The van der Waals surface area contributed by atoms with Crippen molar-refractivity contribution in [3.05, 3.63) is 179 Å². The number of nitro benzene ring substituents is 1. The number of urea groups is 2. The zero-order valence-electron chi connectivity index (χ0n) is 44.1. The number of amides is 4. The number of nitrogens with one attached hydrogen (secondary N) is 4. The Bertz CT molecular complexity index is 3640.